The van der Waals surface area contributed by atoms with Crippen LogP contribution in [0.1, 0.15) is 19.8 Å². The molecule has 0 aliphatic heterocycles. The lowest BCUT2D eigenvalue weighted by Gasteiger charge is -2.09. The molecule has 0 fully saturated rings. The zero-order chi connectivity index (χ0) is 26.9. The molecule has 222 valence electrons. The lowest BCUT2D eigenvalue weighted by Crippen LogP contribution is -2.17. The zero-order valence-electron chi connectivity index (χ0n) is 23.0. The maximum atomic E-state index is 11.3. The molecule has 0 rings (SSSR count). The molecule has 0 aromatic rings. The third-order valence-corrected chi connectivity index (χ3v) is 4.39. The number of carbonyl (C=O) groups is 1. The molecule has 0 bridgehead atoms. The zero-order valence-corrected chi connectivity index (χ0v) is 23.0. The Labute approximate surface area is 222 Å². The number of methoxy groups -OCH3 is 1. The van der Waals surface area contributed by atoms with Crippen molar-refractivity contribution in [2.24, 2.45) is 0 Å². The van der Waals surface area contributed by atoms with Gasteiger partial charge >= 0.3 is 5.97 Å². The maximum absolute atomic E-state index is 11.3. The summed E-state index contributed by atoms with van der Waals surface area (Å²) in [5, 5.41) is 0. The molecule has 0 saturated heterocycles. The topological polar surface area (TPSA) is 119 Å². The first kappa shape index (κ1) is 36.1. The minimum Gasteiger partial charge on any atom is -0.464 e. The summed E-state index contributed by atoms with van der Waals surface area (Å²) in [4.78, 5) is 11.3. The molecule has 0 spiro atoms. The monoisotopic (exact) mass is 542 g/mol. The van der Waals surface area contributed by atoms with Crippen LogP contribution in [-0.4, -0.2) is 145 Å². The van der Waals surface area contributed by atoms with Crippen LogP contribution in [0.25, 0.3) is 0 Å². The summed E-state index contributed by atoms with van der Waals surface area (Å²) in [6.07, 6.45) is 1.86. The van der Waals surface area contributed by atoms with Gasteiger partial charge in [0.2, 0.25) is 0 Å². The van der Waals surface area contributed by atoms with Crippen LogP contribution in [0.4, 0.5) is 0 Å². The van der Waals surface area contributed by atoms with Gasteiger partial charge in [0, 0.05) is 7.11 Å². The Morgan fingerprint density at radius 3 is 1.03 bits per heavy atom. The fourth-order valence-electron chi connectivity index (χ4n) is 2.43. The third-order valence-electron chi connectivity index (χ3n) is 4.39. The molecule has 0 amide bonds. The largest absolute Gasteiger partial charge is 0.464 e. The normalized spacial score (nSPS) is 11.3. The minimum absolute atomic E-state index is 0.0448. The van der Waals surface area contributed by atoms with E-state index >= 15 is 0 Å². The van der Waals surface area contributed by atoms with Gasteiger partial charge in [0.15, 0.2) is 0 Å². The molecule has 0 aromatic carbocycles. The van der Waals surface area contributed by atoms with Crippen molar-refractivity contribution in [1.82, 2.24) is 0 Å². The van der Waals surface area contributed by atoms with Gasteiger partial charge < -0.3 is 52.1 Å². The predicted molar refractivity (Wildman–Crippen MR) is 135 cm³/mol. The molecule has 0 atom stereocenters. The molecule has 37 heavy (non-hydrogen) atoms. The van der Waals surface area contributed by atoms with E-state index in [4.69, 9.17) is 52.1 Å². The molecule has 0 radical (unpaired) electrons. The van der Waals surface area contributed by atoms with Crippen LogP contribution in [-0.2, 0) is 56.9 Å². The Kier molecular flexibility index (Phi) is 32.3. The van der Waals surface area contributed by atoms with E-state index in [1.807, 2.05) is 6.92 Å². The van der Waals surface area contributed by atoms with Crippen LogP contribution in [0.5, 0.6) is 0 Å². The van der Waals surface area contributed by atoms with Gasteiger partial charge in [-0.3, -0.25) is 0 Å². The van der Waals surface area contributed by atoms with E-state index in [2.05, 4.69) is 0 Å². The highest BCUT2D eigenvalue weighted by Crippen LogP contribution is 1.90. The molecule has 0 N–H and O–H groups in total. The van der Waals surface area contributed by atoms with E-state index in [1.54, 1.807) is 7.11 Å². The number of ether oxygens (including phenoxy) is 11. The molecular weight excluding hydrogens is 492 g/mol. The van der Waals surface area contributed by atoms with Crippen molar-refractivity contribution in [2.75, 3.05) is 139 Å². The molecule has 0 saturated carbocycles. The van der Waals surface area contributed by atoms with Crippen molar-refractivity contribution in [2.45, 2.75) is 19.8 Å². The van der Waals surface area contributed by atoms with Gasteiger partial charge in [0.1, 0.15) is 6.61 Å². The quantitative estimate of drug-likeness (QED) is 0.0895. The fraction of sp³-hybridized carbons (Fsp3) is 0.960. The molecule has 12 nitrogen and oxygen atoms in total. The number of esters is 1. The standard InChI is InChI=1S/C25H50O12/c1-3-4-5-37-25(26)24-36-23-22-35-21-20-34-19-18-33-17-16-32-15-14-31-13-12-30-11-10-29-9-8-28-7-6-27-2/h3-24H2,1-2H3. The molecule has 0 aliphatic rings. The van der Waals surface area contributed by atoms with Gasteiger partial charge in [-0.15, -0.1) is 0 Å². The van der Waals surface area contributed by atoms with E-state index in [-0.39, 0.29) is 12.6 Å². The highest BCUT2D eigenvalue weighted by Gasteiger charge is 2.02. The van der Waals surface area contributed by atoms with E-state index in [0.717, 1.165) is 12.8 Å². The van der Waals surface area contributed by atoms with E-state index in [0.29, 0.717) is 126 Å². The fourth-order valence-corrected chi connectivity index (χ4v) is 2.43. The summed E-state index contributed by atoms with van der Waals surface area (Å²) in [7, 11) is 1.64. The smallest absolute Gasteiger partial charge is 0.332 e. The van der Waals surface area contributed by atoms with Crippen molar-refractivity contribution >= 4 is 5.97 Å². The molecule has 0 heterocycles. The second kappa shape index (κ2) is 33.1. The summed E-state index contributed by atoms with van der Waals surface area (Å²) in [6.45, 7) is 11.5. The highest BCUT2D eigenvalue weighted by atomic mass is 16.6. The first-order valence-corrected chi connectivity index (χ1v) is 13.2. The molecule has 12 heteroatoms. The van der Waals surface area contributed by atoms with E-state index in [9.17, 15) is 4.79 Å². The Morgan fingerprint density at radius 1 is 0.432 bits per heavy atom. The molecule has 0 aromatic heterocycles. The Hall–Kier alpha value is -0.930. The maximum Gasteiger partial charge on any atom is 0.332 e. The van der Waals surface area contributed by atoms with Crippen molar-refractivity contribution in [3.05, 3.63) is 0 Å². The van der Waals surface area contributed by atoms with Gasteiger partial charge in [0.25, 0.3) is 0 Å². The first-order valence-electron chi connectivity index (χ1n) is 13.2. The Bertz CT molecular complexity index is 442. The van der Waals surface area contributed by atoms with Crippen LogP contribution in [0, 0.1) is 0 Å². The summed E-state index contributed by atoms with van der Waals surface area (Å²) >= 11 is 0. The lowest BCUT2D eigenvalue weighted by atomic mass is 10.4. The van der Waals surface area contributed by atoms with Crippen LogP contribution in [0.3, 0.4) is 0 Å². The van der Waals surface area contributed by atoms with Crippen molar-refractivity contribution in [3.63, 3.8) is 0 Å². The summed E-state index contributed by atoms with van der Waals surface area (Å²) in [5.74, 6) is -0.341. The number of rotatable bonds is 32. The summed E-state index contributed by atoms with van der Waals surface area (Å²) < 4.78 is 58.2. The second-order valence-corrected chi connectivity index (χ2v) is 7.52. The number of carbonyl (C=O) groups excluding carboxylic acids is 1. The van der Waals surface area contributed by atoms with Gasteiger partial charge in [-0.1, -0.05) is 13.3 Å². The minimum atomic E-state index is -0.341. The van der Waals surface area contributed by atoms with Gasteiger partial charge in [-0.25, -0.2) is 4.79 Å². The SMILES string of the molecule is CCCCOC(=O)COCCOCCOCCOCCOCCOCCOCCOCCOCCOC. The second-order valence-electron chi connectivity index (χ2n) is 7.52. The number of hydrogen-bond donors (Lipinski definition) is 0. The van der Waals surface area contributed by atoms with Crippen molar-refractivity contribution in [3.8, 4) is 0 Å². The molecular formula is C25H50O12. The van der Waals surface area contributed by atoms with E-state index < -0.39 is 0 Å². The Balaban J connectivity index is 3.06. The van der Waals surface area contributed by atoms with Gasteiger partial charge in [-0.2, -0.15) is 0 Å². The number of unbranched alkanes of at least 4 members (excludes halogenated alkanes) is 1. The highest BCUT2D eigenvalue weighted by molar-refractivity contribution is 5.70. The summed E-state index contributed by atoms with van der Waals surface area (Å²) in [6, 6.07) is 0. The van der Waals surface area contributed by atoms with Crippen LogP contribution >= 0.6 is 0 Å². The summed E-state index contributed by atoms with van der Waals surface area (Å²) in [5.41, 5.74) is 0. The lowest BCUT2D eigenvalue weighted by molar-refractivity contribution is -0.149. The van der Waals surface area contributed by atoms with Crippen LogP contribution < -0.4 is 0 Å². The first-order chi connectivity index (χ1) is 18.3. The average molecular weight is 543 g/mol. The van der Waals surface area contributed by atoms with Crippen molar-refractivity contribution in [1.29, 1.82) is 0 Å². The van der Waals surface area contributed by atoms with Crippen molar-refractivity contribution < 1.29 is 56.9 Å². The molecule has 0 aliphatic carbocycles. The van der Waals surface area contributed by atoms with Gasteiger partial charge in [0.05, 0.1) is 126 Å². The molecule has 0 unspecified atom stereocenters. The third kappa shape index (κ3) is 33.0. The Morgan fingerprint density at radius 2 is 0.730 bits per heavy atom. The van der Waals surface area contributed by atoms with Gasteiger partial charge in [-0.05, 0) is 6.42 Å². The number of hydrogen-bond acceptors (Lipinski definition) is 12. The average Bonchev–Trinajstić information content (AvgIpc) is 2.90. The van der Waals surface area contributed by atoms with E-state index in [1.165, 1.54) is 0 Å². The van der Waals surface area contributed by atoms with Crippen LogP contribution in [0.15, 0.2) is 0 Å². The van der Waals surface area contributed by atoms with Crippen LogP contribution in [0.2, 0.25) is 0 Å². The predicted octanol–water partition coefficient (Wildman–Crippen LogP) is 1.13.